The van der Waals surface area contributed by atoms with Crippen molar-refractivity contribution < 1.29 is 34.7 Å². The van der Waals surface area contributed by atoms with Crippen molar-refractivity contribution in [1.29, 1.82) is 0 Å². The van der Waals surface area contributed by atoms with E-state index in [4.69, 9.17) is 9.47 Å². The van der Waals surface area contributed by atoms with Crippen LogP contribution in [0.25, 0.3) is 5.57 Å². The second-order valence-corrected chi connectivity index (χ2v) is 5.66. The van der Waals surface area contributed by atoms with Gasteiger partial charge in [-0.15, -0.1) is 0 Å². The number of phenols is 2. The molecule has 0 fully saturated rings. The van der Waals surface area contributed by atoms with Gasteiger partial charge in [0.05, 0.1) is 19.3 Å². The molecule has 1 aromatic rings. The summed E-state index contributed by atoms with van der Waals surface area (Å²) in [6, 6.07) is 1.40. The lowest BCUT2D eigenvalue weighted by Gasteiger charge is -2.42. The Morgan fingerprint density at radius 2 is 2.00 bits per heavy atom. The number of fused-ring (bicyclic) bond motifs is 3. The molecule has 4 N–H and O–H groups in total. The van der Waals surface area contributed by atoms with Crippen LogP contribution in [0.3, 0.4) is 0 Å². The normalized spacial score (nSPS) is 30.0. The molecule has 3 atom stereocenters. The zero-order chi connectivity index (χ0) is 16.2. The van der Waals surface area contributed by atoms with Crippen LogP contribution in [0.5, 0.6) is 17.2 Å². The fraction of sp³-hybridized carbons (Fsp3) is 0.400. The highest BCUT2D eigenvalue weighted by atomic mass is 16.6. The molecule has 0 saturated carbocycles. The molecular formula is C15H16O7. The number of esters is 1. The van der Waals surface area contributed by atoms with Crippen molar-refractivity contribution in [2.45, 2.75) is 31.2 Å². The minimum absolute atomic E-state index is 0.00480. The SMILES string of the molecule is COc1cc2c(c(O)c1O)C(=O)O[C@@]1(C)C[C@H](O)[C@@H](O)C=C21. The number of methoxy groups -OCH3 is 1. The maximum atomic E-state index is 12.2. The molecule has 1 aliphatic heterocycles. The highest BCUT2D eigenvalue weighted by molar-refractivity contribution is 6.04. The number of phenolic OH excluding ortho intramolecular Hbond substituents is 2. The van der Waals surface area contributed by atoms with E-state index in [0.717, 1.165) is 0 Å². The van der Waals surface area contributed by atoms with Gasteiger partial charge in [-0.05, 0) is 19.1 Å². The minimum atomic E-state index is -1.13. The van der Waals surface area contributed by atoms with Crippen LogP contribution in [0.15, 0.2) is 12.1 Å². The van der Waals surface area contributed by atoms with E-state index in [1.54, 1.807) is 6.92 Å². The van der Waals surface area contributed by atoms with Crippen molar-refractivity contribution in [3.63, 3.8) is 0 Å². The highest BCUT2D eigenvalue weighted by Crippen LogP contribution is 2.50. The number of benzene rings is 1. The van der Waals surface area contributed by atoms with Crippen LogP contribution in [-0.2, 0) is 4.74 Å². The summed E-state index contributed by atoms with van der Waals surface area (Å²) in [5, 5.41) is 39.6. The van der Waals surface area contributed by atoms with Crippen molar-refractivity contribution in [1.82, 2.24) is 0 Å². The van der Waals surface area contributed by atoms with Gasteiger partial charge in [-0.2, -0.15) is 0 Å². The Labute approximate surface area is 126 Å². The van der Waals surface area contributed by atoms with Gasteiger partial charge in [0.1, 0.15) is 11.2 Å². The fourth-order valence-corrected chi connectivity index (χ4v) is 3.02. The Morgan fingerprint density at radius 1 is 1.32 bits per heavy atom. The maximum absolute atomic E-state index is 12.2. The maximum Gasteiger partial charge on any atom is 0.343 e. The number of hydrogen-bond acceptors (Lipinski definition) is 7. The summed E-state index contributed by atoms with van der Waals surface area (Å²) in [7, 11) is 1.31. The molecule has 2 aliphatic rings. The van der Waals surface area contributed by atoms with Gasteiger partial charge in [0.2, 0.25) is 5.75 Å². The smallest absolute Gasteiger partial charge is 0.343 e. The number of aliphatic hydroxyl groups excluding tert-OH is 2. The summed E-state index contributed by atoms with van der Waals surface area (Å²) >= 11 is 0. The number of rotatable bonds is 1. The molecule has 0 bridgehead atoms. The predicted octanol–water partition coefficient (Wildman–Crippen LogP) is 0.544. The molecule has 0 amide bonds. The van der Waals surface area contributed by atoms with Crippen molar-refractivity contribution in [3.8, 4) is 17.2 Å². The lowest BCUT2D eigenvalue weighted by atomic mass is 9.75. The summed E-state index contributed by atoms with van der Waals surface area (Å²) in [5.41, 5.74) is -0.562. The first-order chi connectivity index (χ1) is 10.3. The predicted molar refractivity (Wildman–Crippen MR) is 74.8 cm³/mol. The van der Waals surface area contributed by atoms with E-state index >= 15 is 0 Å². The number of carbonyl (C=O) groups is 1. The molecule has 7 nitrogen and oxygen atoms in total. The van der Waals surface area contributed by atoms with Crippen LogP contribution in [0.1, 0.15) is 29.3 Å². The molecule has 0 aromatic heterocycles. The molecule has 22 heavy (non-hydrogen) atoms. The van der Waals surface area contributed by atoms with Crippen LogP contribution in [-0.4, -0.2) is 51.3 Å². The summed E-state index contributed by atoms with van der Waals surface area (Å²) < 4.78 is 10.3. The molecular weight excluding hydrogens is 292 g/mol. The first kappa shape index (κ1) is 14.7. The molecule has 0 saturated heterocycles. The topological polar surface area (TPSA) is 116 Å². The minimum Gasteiger partial charge on any atom is -0.504 e. The third-order valence-corrected chi connectivity index (χ3v) is 4.17. The van der Waals surface area contributed by atoms with Crippen LogP contribution in [0.4, 0.5) is 0 Å². The van der Waals surface area contributed by atoms with Crippen LogP contribution in [0, 0.1) is 0 Å². The van der Waals surface area contributed by atoms with E-state index in [1.165, 1.54) is 19.3 Å². The van der Waals surface area contributed by atoms with Crippen molar-refractivity contribution in [3.05, 3.63) is 23.3 Å². The van der Waals surface area contributed by atoms with Crippen molar-refractivity contribution in [2.24, 2.45) is 0 Å². The van der Waals surface area contributed by atoms with Gasteiger partial charge in [-0.3, -0.25) is 0 Å². The van der Waals surface area contributed by atoms with Gasteiger partial charge in [-0.1, -0.05) is 0 Å². The Bertz CT molecular complexity index is 694. The summed E-state index contributed by atoms with van der Waals surface area (Å²) in [4.78, 5) is 12.2. The average Bonchev–Trinajstić information content (AvgIpc) is 2.44. The third kappa shape index (κ3) is 1.86. The average molecular weight is 308 g/mol. The molecule has 0 unspecified atom stereocenters. The van der Waals surface area contributed by atoms with Gasteiger partial charge in [0, 0.05) is 17.6 Å². The standard InChI is InChI=1S/C15H16O7/c1-15-5-9(17)8(16)4-7(15)6-3-10(21-2)12(18)13(19)11(6)14(20)22-15/h3-4,8-9,16-19H,5H2,1-2H3/t8-,9-,15-/m0/s1. The van der Waals surface area contributed by atoms with Gasteiger partial charge >= 0.3 is 5.97 Å². The molecule has 0 radical (unpaired) electrons. The summed E-state index contributed by atoms with van der Waals surface area (Å²) in [6.07, 6.45) is -0.768. The summed E-state index contributed by atoms with van der Waals surface area (Å²) in [6.45, 7) is 1.62. The Kier molecular flexibility index (Phi) is 3.08. The zero-order valence-electron chi connectivity index (χ0n) is 12.0. The Balaban J connectivity index is 2.30. The highest BCUT2D eigenvalue weighted by Gasteiger charge is 2.48. The lowest BCUT2D eigenvalue weighted by Crippen LogP contribution is -2.47. The Hall–Kier alpha value is -2.25. The second kappa shape index (κ2) is 4.62. The van der Waals surface area contributed by atoms with E-state index in [2.05, 4.69) is 0 Å². The lowest BCUT2D eigenvalue weighted by molar-refractivity contribution is -0.0387. The number of hydrogen-bond donors (Lipinski definition) is 4. The second-order valence-electron chi connectivity index (χ2n) is 5.66. The van der Waals surface area contributed by atoms with E-state index in [1.807, 2.05) is 0 Å². The van der Waals surface area contributed by atoms with Crippen LogP contribution in [0.2, 0.25) is 0 Å². The largest absolute Gasteiger partial charge is 0.504 e. The number of aromatic hydroxyl groups is 2. The first-order valence-corrected chi connectivity index (χ1v) is 6.73. The first-order valence-electron chi connectivity index (χ1n) is 6.73. The van der Waals surface area contributed by atoms with Crippen molar-refractivity contribution >= 4 is 11.5 Å². The van der Waals surface area contributed by atoms with Crippen LogP contribution < -0.4 is 4.74 Å². The number of carbonyl (C=O) groups excluding carboxylic acids is 1. The number of aliphatic hydroxyl groups is 2. The van der Waals surface area contributed by atoms with E-state index in [-0.39, 0.29) is 17.7 Å². The van der Waals surface area contributed by atoms with E-state index in [0.29, 0.717) is 11.1 Å². The summed E-state index contributed by atoms with van der Waals surface area (Å²) in [5.74, 6) is -2.01. The van der Waals surface area contributed by atoms with Gasteiger partial charge in [0.25, 0.3) is 0 Å². The van der Waals surface area contributed by atoms with Crippen LogP contribution >= 0.6 is 0 Å². The third-order valence-electron chi connectivity index (χ3n) is 4.17. The zero-order valence-corrected chi connectivity index (χ0v) is 12.0. The monoisotopic (exact) mass is 308 g/mol. The molecule has 1 heterocycles. The van der Waals surface area contributed by atoms with E-state index in [9.17, 15) is 25.2 Å². The molecule has 1 aliphatic carbocycles. The quantitative estimate of drug-likeness (QED) is 0.442. The van der Waals surface area contributed by atoms with Crippen molar-refractivity contribution in [2.75, 3.05) is 7.11 Å². The Morgan fingerprint density at radius 3 is 2.64 bits per heavy atom. The fourth-order valence-electron chi connectivity index (χ4n) is 3.02. The molecule has 3 rings (SSSR count). The molecule has 1 aromatic carbocycles. The number of ether oxygens (including phenoxy) is 2. The molecule has 7 heteroatoms. The van der Waals surface area contributed by atoms with E-state index < -0.39 is 35.3 Å². The molecule has 0 spiro atoms. The van der Waals surface area contributed by atoms with Gasteiger partial charge in [0.15, 0.2) is 11.5 Å². The van der Waals surface area contributed by atoms with Gasteiger partial charge in [-0.25, -0.2) is 4.79 Å². The molecule has 118 valence electrons. The van der Waals surface area contributed by atoms with Gasteiger partial charge < -0.3 is 29.9 Å².